The highest BCUT2D eigenvalue weighted by Crippen LogP contribution is 2.32. The second-order valence-corrected chi connectivity index (χ2v) is 4.23. The van der Waals surface area contributed by atoms with E-state index in [0.29, 0.717) is 23.7 Å². The molecule has 0 fully saturated rings. The number of ether oxygens (including phenoxy) is 3. The summed E-state index contributed by atoms with van der Waals surface area (Å²) in [5.41, 5.74) is 0.490. The average molecular weight is 265 g/mol. The summed E-state index contributed by atoms with van der Waals surface area (Å²) in [6.07, 6.45) is 0. The number of fused-ring (bicyclic) bond motifs is 1. The fraction of sp³-hybridized carbons (Fsp3) is 0.500. The smallest absolute Gasteiger partial charge is 0.338 e. The van der Waals surface area contributed by atoms with Crippen molar-refractivity contribution in [2.24, 2.45) is 0 Å². The van der Waals surface area contributed by atoms with Crippen LogP contribution in [0, 0.1) is 0 Å². The maximum Gasteiger partial charge on any atom is 0.338 e. The summed E-state index contributed by atoms with van der Waals surface area (Å²) in [5, 5.41) is 0. The number of carbonyl (C=O) groups excluding carboxylic acids is 1. The van der Waals surface area contributed by atoms with E-state index in [9.17, 15) is 4.79 Å². The van der Waals surface area contributed by atoms with Crippen LogP contribution >= 0.6 is 0 Å². The van der Waals surface area contributed by atoms with Crippen LogP contribution in [0.15, 0.2) is 18.2 Å². The SMILES string of the molecule is CCN(CC)CCOC(=O)c1ccc2c(c1)OCO2. The largest absolute Gasteiger partial charge is 0.461 e. The highest BCUT2D eigenvalue weighted by atomic mass is 16.7. The van der Waals surface area contributed by atoms with E-state index in [0.717, 1.165) is 19.6 Å². The first-order valence-corrected chi connectivity index (χ1v) is 6.53. The van der Waals surface area contributed by atoms with Gasteiger partial charge >= 0.3 is 5.97 Å². The Hall–Kier alpha value is -1.75. The summed E-state index contributed by atoms with van der Waals surface area (Å²) >= 11 is 0. The first-order chi connectivity index (χ1) is 9.24. The van der Waals surface area contributed by atoms with Gasteiger partial charge in [-0.25, -0.2) is 4.79 Å². The van der Waals surface area contributed by atoms with Crippen LogP contribution in [-0.4, -0.2) is 43.9 Å². The number of likely N-dealkylation sites (N-methyl/N-ethyl adjacent to an activating group) is 1. The van der Waals surface area contributed by atoms with Crippen LogP contribution in [0.1, 0.15) is 24.2 Å². The van der Waals surface area contributed by atoms with Gasteiger partial charge in [-0.1, -0.05) is 13.8 Å². The molecule has 0 aliphatic carbocycles. The second-order valence-electron chi connectivity index (χ2n) is 4.23. The zero-order valence-corrected chi connectivity index (χ0v) is 11.3. The van der Waals surface area contributed by atoms with Gasteiger partial charge in [-0.15, -0.1) is 0 Å². The van der Waals surface area contributed by atoms with Gasteiger partial charge in [0, 0.05) is 6.54 Å². The van der Waals surface area contributed by atoms with Gasteiger partial charge in [0.05, 0.1) is 5.56 Å². The zero-order chi connectivity index (χ0) is 13.7. The first kappa shape index (κ1) is 13.7. The molecule has 0 atom stereocenters. The van der Waals surface area contributed by atoms with E-state index in [-0.39, 0.29) is 12.8 Å². The first-order valence-electron chi connectivity index (χ1n) is 6.53. The van der Waals surface area contributed by atoms with Gasteiger partial charge < -0.3 is 19.1 Å². The van der Waals surface area contributed by atoms with Crippen molar-refractivity contribution < 1.29 is 19.0 Å². The molecule has 19 heavy (non-hydrogen) atoms. The Balaban J connectivity index is 1.86. The minimum Gasteiger partial charge on any atom is -0.461 e. The van der Waals surface area contributed by atoms with Gasteiger partial charge in [-0.3, -0.25) is 0 Å². The van der Waals surface area contributed by atoms with E-state index in [2.05, 4.69) is 18.7 Å². The summed E-state index contributed by atoms with van der Waals surface area (Å²) in [7, 11) is 0. The summed E-state index contributed by atoms with van der Waals surface area (Å²) in [6.45, 7) is 7.44. The normalized spacial score (nSPS) is 12.8. The monoisotopic (exact) mass is 265 g/mol. The summed E-state index contributed by atoms with van der Waals surface area (Å²) in [5.74, 6) is 0.934. The number of hydrogen-bond donors (Lipinski definition) is 0. The molecule has 1 aromatic rings. The summed E-state index contributed by atoms with van der Waals surface area (Å²) in [4.78, 5) is 14.1. The molecular formula is C14H19NO4. The molecule has 1 aliphatic heterocycles. The molecule has 0 saturated carbocycles. The molecule has 1 aromatic carbocycles. The number of benzene rings is 1. The van der Waals surface area contributed by atoms with Crippen molar-refractivity contribution in [2.45, 2.75) is 13.8 Å². The molecule has 1 heterocycles. The van der Waals surface area contributed by atoms with E-state index < -0.39 is 0 Å². The summed E-state index contributed by atoms with van der Waals surface area (Å²) < 4.78 is 15.7. The molecule has 0 aromatic heterocycles. The highest BCUT2D eigenvalue weighted by molar-refractivity contribution is 5.90. The van der Waals surface area contributed by atoms with Gasteiger partial charge in [0.15, 0.2) is 11.5 Å². The van der Waals surface area contributed by atoms with Crippen LogP contribution in [0.3, 0.4) is 0 Å². The van der Waals surface area contributed by atoms with Crippen molar-refractivity contribution in [3.8, 4) is 11.5 Å². The Kier molecular flexibility index (Phi) is 4.63. The van der Waals surface area contributed by atoms with Gasteiger partial charge in [-0.2, -0.15) is 0 Å². The topological polar surface area (TPSA) is 48.0 Å². The Labute approximate surface area is 113 Å². The third kappa shape index (κ3) is 3.38. The number of carbonyl (C=O) groups is 1. The van der Waals surface area contributed by atoms with Crippen LogP contribution < -0.4 is 9.47 Å². The van der Waals surface area contributed by atoms with Crippen molar-refractivity contribution in [3.63, 3.8) is 0 Å². The maximum absolute atomic E-state index is 11.9. The van der Waals surface area contributed by atoms with Crippen LogP contribution in [-0.2, 0) is 4.74 Å². The van der Waals surface area contributed by atoms with E-state index in [1.165, 1.54) is 0 Å². The fourth-order valence-corrected chi connectivity index (χ4v) is 1.91. The fourth-order valence-electron chi connectivity index (χ4n) is 1.91. The molecule has 0 bridgehead atoms. The molecular weight excluding hydrogens is 246 g/mol. The number of rotatable bonds is 6. The molecule has 5 nitrogen and oxygen atoms in total. The lowest BCUT2D eigenvalue weighted by molar-refractivity contribution is 0.0466. The van der Waals surface area contributed by atoms with Crippen molar-refractivity contribution in [2.75, 3.05) is 33.0 Å². The van der Waals surface area contributed by atoms with Gasteiger partial charge in [-0.05, 0) is 31.3 Å². The Bertz CT molecular complexity index is 443. The predicted molar refractivity (Wildman–Crippen MR) is 70.6 cm³/mol. The van der Waals surface area contributed by atoms with E-state index >= 15 is 0 Å². The lowest BCUT2D eigenvalue weighted by Gasteiger charge is -2.17. The van der Waals surface area contributed by atoms with E-state index in [1.807, 2.05) is 0 Å². The number of nitrogens with zero attached hydrogens (tertiary/aromatic N) is 1. The van der Waals surface area contributed by atoms with Crippen LogP contribution in [0.5, 0.6) is 11.5 Å². The molecule has 0 saturated heterocycles. The minimum absolute atomic E-state index is 0.204. The standard InChI is InChI=1S/C14H19NO4/c1-3-15(4-2)7-8-17-14(16)11-5-6-12-13(9-11)19-10-18-12/h5-6,9H,3-4,7-8,10H2,1-2H3. The van der Waals surface area contributed by atoms with Crippen molar-refractivity contribution in [1.29, 1.82) is 0 Å². The molecule has 5 heteroatoms. The van der Waals surface area contributed by atoms with Gasteiger partial charge in [0.25, 0.3) is 0 Å². The van der Waals surface area contributed by atoms with Crippen LogP contribution in [0.4, 0.5) is 0 Å². The summed E-state index contributed by atoms with van der Waals surface area (Å²) in [6, 6.07) is 5.07. The molecule has 0 amide bonds. The second kappa shape index (κ2) is 6.43. The molecule has 2 rings (SSSR count). The molecule has 0 unspecified atom stereocenters. The van der Waals surface area contributed by atoms with Crippen molar-refractivity contribution >= 4 is 5.97 Å². The zero-order valence-electron chi connectivity index (χ0n) is 11.3. The highest BCUT2D eigenvalue weighted by Gasteiger charge is 2.16. The Morgan fingerprint density at radius 1 is 1.26 bits per heavy atom. The van der Waals surface area contributed by atoms with Crippen LogP contribution in [0.2, 0.25) is 0 Å². The molecule has 0 spiro atoms. The molecule has 104 valence electrons. The lowest BCUT2D eigenvalue weighted by Crippen LogP contribution is -2.27. The van der Waals surface area contributed by atoms with E-state index in [4.69, 9.17) is 14.2 Å². The van der Waals surface area contributed by atoms with Crippen molar-refractivity contribution in [3.05, 3.63) is 23.8 Å². The minimum atomic E-state index is -0.328. The Morgan fingerprint density at radius 2 is 2.00 bits per heavy atom. The quantitative estimate of drug-likeness (QED) is 0.735. The van der Waals surface area contributed by atoms with Gasteiger partial charge in [0.1, 0.15) is 6.61 Å². The number of hydrogen-bond acceptors (Lipinski definition) is 5. The molecule has 1 aliphatic rings. The Morgan fingerprint density at radius 3 is 2.74 bits per heavy atom. The predicted octanol–water partition coefficient (Wildman–Crippen LogP) is 1.91. The molecule has 0 N–H and O–H groups in total. The van der Waals surface area contributed by atoms with Crippen LogP contribution in [0.25, 0.3) is 0 Å². The lowest BCUT2D eigenvalue weighted by atomic mass is 10.2. The third-order valence-corrected chi connectivity index (χ3v) is 3.14. The average Bonchev–Trinajstić information content (AvgIpc) is 2.90. The van der Waals surface area contributed by atoms with Gasteiger partial charge in [0.2, 0.25) is 6.79 Å². The molecule has 0 radical (unpaired) electrons. The maximum atomic E-state index is 11.9. The van der Waals surface area contributed by atoms with E-state index in [1.54, 1.807) is 18.2 Å². The van der Waals surface area contributed by atoms with Crippen molar-refractivity contribution in [1.82, 2.24) is 4.90 Å². The number of esters is 1. The third-order valence-electron chi connectivity index (χ3n) is 3.14.